The predicted molar refractivity (Wildman–Crippen MR) is 79.7 cm³/mol. The number of carbonyl (C=O) groups is 1. The highest BCUT2D eigenvalue weighted by atomic mass is 19.1. The standard InChI is InChI=1S/C16H17FN2O4/c1-7-14(8(2)19(3)18-7)11-5-9(17)4-10-12(20)6-13(16(21)22)23-15(10)11/h4-5,12-13,20H,6H2,1-3H3,(H,21,22). The van der Waals surface area contributed by atoms with Gasteiger partial charge in [-0.25, -0.2) is 9.18 Å². The molecule has 0 saturated heterocycles. The highest BCUT2D eigenvalue weighted by molar-refractivity contribution is 5.79. The summed E-state index contributed by atoms with van der Waals surface area (Å²) >= 11 is 0. The molecule has 3 rings (SSSR count). The summed E-state index contributed by atoms with van der Waals surface area (Å²) in [6, 6.07) is 2.47. The van der Waals surface area contributed by atoms with Crippen molar-refractivity contribution >= 4 is 5.97 Å². The Balaban J connectivity index is 2.25. The van der Waals surface area contributed by atoms with Crippen LogP contribution in [0.25, 0.3) is 11.1 Å². The highest BCUT2D eigenvalue weighted by Crippen LogP contribution is 2.44. The van der Waals surface area contributed by atoms with Gasteiger partial charge in [-0.15, -0.1) is 0 Å². The number of fused-ring (bicyclic) bond motifs is 1. The van der Waals surface area contributed by atoms with E-state index >= 15 is 0 Å². The number of benzene rings is 1. The number of aliphatic hydroxyl groups excluding tert-OH is 1. The Morgan fingerprint density at radius 1 is 1.43 bits per heavy atom. The molecule has 1 aromatic carbocycles. The fourth-order valence-electron chi connectivity index (χ4n) is 3.01. The maximum Gasteiger partial charge on any atom is 0.345 e. The number of aliphatic carboxylic acids is 1. The van der Waals surface area contributed by atoms with E-state index in [0.29, 0.717) is 16.8 Å². The summed E-state index contributed by atoms with van der Waals surface area (Å²) in [5, 5.41) is 23.7. The first kappa shape index (κ1) is 15.5. The van der Waals surface area contributed by atoms with Gasteiger partial charge in [-0.05, 0) is 26.0 Å². The Morgan fingerprint density at radius 2 is 2.13 bits per heavy atom. The van der Waals surface area contributed by atoms with Crippen molar-refractivity contribution in [3.05, 3.63) is 34.9 Å². The minimum Gasteiger partial charge on any atom is -0.479 e. The number of carboxylic acid groups (broad SMARTS) is 1. The first-order valence-corrected chi connectivity index (χ1v) is 7.21. The molecule has 2 aromatic rings. The number of hydrogen-bond acceptors (Lipinski definition) is 4. The number of hydrogen-bond donors (Lipinski definition) is 2. The van der Waals surface area contributed by atoms with E-state index in [9.17, 15) is 19.4 Å². The van der Waals surface area contributed by atoms with Crippen LogP contribution in [0.4, 0.5) is 4.39 Å². The number of nitrogens with zero attached hydrogens (tertiary/aromatic N) is 2. The molecule has 122 valence electrons. The van der Waals surface area contributed by atoms with E-state index in [1.165, 1.54) is 12.1 Å². The lowest BCUT2D eigenvalue weighted by Gasteiger charge is -2.29. The number of aliphatic hydroxyl groups is 1. The number of carboxylic acids is 1. The van der Waals surface area contributed by atoms with Crippen LogP contribution in [0.3, 0.4) is 0 Å². The molecule has 0 aliphatic carbocycles. The summed E-state index contributed by atoms with van der Waals surface area (Å²) < 4.78 is 21.3. The van der Waals surface area contributed by atoms with Gasteiger partial charge in [0.1, 0.15) is 11.6 Å². The Bertz CT molecular complexity index is 800. The van der Waals surface area contributed by atoms with Crippen LogP contribution in [-0.4, -0.2) is 32.1 Å². The average Bonchev–Trinajstić information content (AvgIpc) is 2.72. The first-order chi connectivity index (χ1) is 10.8. The van der Waals surface area contributed by atoms with Gasteiger partial charge in [-0.3, -0.25) is 4.68 Å². The van der Waals surface area contributed by atoms with Crippen LogP contribution in [-0.2, 0) is 11.8 Å². The van der Waals surface area contributed by atoms with Gasteiger partial charge >= 0.3 is 5.97 Å². The third-order valence-electron chi connectivity index (χ3n) is 4.19. The molecule has 2 heterocycles. The Kier molecular flexibility index (Phi) is 3.60. The fraction of sp³-hybridized carbons (Fsp3) is 0.375. The Labute approximate surface area is 132 Å². The van der Waals surface area contributed by atoms with Gasteiger partial charge in [0.2, 0.25) is 0 Å². The lowest BCUT2D eigenvalue weighted by atomic mass is 9.92. The van der Waals surface area contributed by atoms with Crippen molar-refractivity contribution in [1.29, 1.82) is 0 Å². The van der Waals surface area contributed by atoms with Crippen LogP contribution in [0.2, 0.25) is 0 Å². The van der Waals surface area contributed by atoms with Gasteiger partial charge in [-0.2, -0.15) is 5.10 Å². The largest absolute Gasteiger partial charge is 0.479 e. The van der Waals surface area contributed by atoms with Crippen molar-refractivity contribution in [3.63, 3.8) is 0 Å². The van der Waals surface area contributed by atoms with E-state index in [2.05, 4.69) is 5.10 Å². The molecule has 2 unspecified atom stereocenters. The summed E-state index contributed by atoms with van der Waals surface area (Å²) in [4.78, 5) is 11.2. The van der Waals surface area contributed by atoms with Crippen molar-refractivity contribution in [2.75, 3.05) is 0 Å². The van der Waals surface area contributed by atoms with Crippen molar-refractivity contribution in [2.45, 2.75) is 32.5 Å². The molecule has 7 heteroatoms. The Morgan fingerprint density at radius 3 is 2.70 bits per heavy atom. The minimum absolute atomic E-state index is 0.115. The number of ether oxygens (including phenoxy) is 1. The fourth-order valence-corrected chi connectivity index (χ4v) is 3.01. The van der Waals surface area contributed by atoms with Gasteiger partial charge in [0.05, 0.1) is 11.8 Å². The maximum atomic E-state index is 14.0. The minimum atomic E-state index is -1.17. The van der Waals surface area contributed by atoms with Crippen LogP contribution in [0.1, 0.15) is 29.5 Å². The molecular weight excluding hydrogens is 303 g/mol. The molecule has 1 aliphatic heterocycles. The number of aromatic nitrogens is 2. The second-order valence-electron chi connectivity index (χ2n) is 5.74. The molecule has 1 aromatic heterocycles. The summed E-state index contributed by atoms with van der Waals surface area (Å²) in [5.41, 5.74) is 2.83. The smallest absolute Gasteiger partial charge is 0.345 e. The number of halogens is 1. The van der Waals surface area contributed by atoms with Crippen molar-refractivity contribution < 1.29 is 24.1 Å². The van der Waals surface area contributed by atoms with Crippen LogP contribution >= 0.6 is 0 Å². The molecule has 0 radical (unpaired) electrons. The topological polar surface area (TPSA) is 84.6 Å². The molecule has 1 aliphatic rings. The van der Waals surface area contributed by atoms with Crippen molar-refractivity contribution in [2.24, 2.45) is 7.05 Å². The van der Waals surface area contributed by atoms with E-state index in [0.717, 1.165) is 5.69 Å². The van der Waals surface area contributed by atoms with Crippen LogP contribution < -0.4 is 4.74 Å². The second kappa shape index (κ2) is 5.34. The maximum absolute atomic E-state index is 14.0. The molecule has 2 atom stereocenters. The molecule has 0 spiro atoms. The summed E-state index contributed by atoms with van der Waals surface area (Å²) in [5.74, 6) is -1.47. The van der Waals surface area contributed by atoms with Crippen LogP contribution in [0.15, 0.2) is 12.1 Å². The summed E-state index contributed by atoms with van der Waals surface area (Å²) in [6.45, 7) is 3.62. The zero-order valence-corrected chi connectivity index (χ0v) is 13.0. The summed E-state index contributed by atoms with van der Waals surface area (Å²) in [7, 11) is 1.77. The predicted octanol–water partition coefficient (Wildman–Crippen LogP) is 2.11. The zero-order chi connectivity index (χ0) is 16.9. The van der Waals surface area contributed by atoms with Gasteiger partial charge in [0, 0.05) is 35.9 Å². The summed E-state index contributed by atoms with van der Waals surface area (Å²) in [6.07, 6.45) is -2.37. The Hall–Kier alpha value is -2.41. The van der Waals surface area contributed by atoms with E-state index in [-0.39, 0.29) is 17.7 Å². The third-order valence-corrected chi connectivity index (χ3v) is 4.19. The second-order valence-corrected chi connectivity index (χ2v) is 5.74. The SMILES string of the molecule is Cc1nn(C)c(C)c1-c1cc(F)cc2c1OC(C(=O)O)CC2O. The monoisotopic (exact) mass is 320 g/mol. The van der Waals surface area contributed by atoms with Crippen molar-refractivity contribution in [1.82, 2.24) is 9.78 Å². The van der Waals surface area contributed by atoms with E-state index < -0.39 is 24.0 Å². The number of aryl methyl sites for hydroxylation is 2. The average molecular weight is 320 g/mol. The first-order valence-electron chi connectivity index (χ1n) is 7.21. The third kappa shape index (κ3) is 2.46. The molecular formula is C16H17FN2O4. The lowest BCUT2D eigenvalue weighted by molar-refractivity contribution is -0.147. The van der Waals surface area contributed by atoms with Crippen LogP contribution in [0, 0.1) is 19.7 Å². The van der Waals surface area contributed by atoms with Crippen molar-refractivity contribution in [3.8, 4) is 16.9 Å². The van der Waals surface area contributed by atoms with Gasteiger partial charge in [0.15, 0.2) is 6.10 Å². The molecule has 0 saturated carbocycles. The molecule has 6 nitrogen and oxygen atoms in total. The normalized spacial score (nSPS) is 20.0. The molecule has 0 fully saturated rings. The number of rotatable bonds is 2. The van der Waals surface area contributed by atoms with Gasteiger partial charge in [0.25, 0.3) is 0 Å². The van der Waals surface area contributed by atoms with E-state index in [1.54, 1.807) is 18.7 Å². The molecule has 23 heavy (non-hydrogen) atoms. The molecule has 0 amide bonds. The zero-order valence-electron chi connectivity index (χ0n) is 13.0. The molecule has 0 bridgehead atoms. The van der Waals surface area contributed by atoms with Gasteiger partial charge < -0.3 is 14.9 Å². The highest BCUT2D eigenvalue weighted by Gasteiger charge is 2.34. The molecule has 2 N–H and O–H groups in total. The lowest BCUT2D eigenvalue weighted by Crippen LogP contribution is -2.33. The van der Waals surface area contributed by atoms with E-state index in [1.807, 2.05) is 6.92 Å². The van der Waals surface area contributed by atoms with E-state index in [4.69, 9.17) is 4.74 Å². The van der Waals surface area contributed by atoms with Crippen LogP contribution in [0.5, 0.6) is 5.75 Å². The quantitative estimate of drug-likeness (QED) is 0.885. The van der Waals surface area contributed by atoms with Gasteiger partial charge in [-0.1, -0.05) is 0 Å².